The predicted molar refractivity (Wildman–Crippen MR) is 104 cm³/mol. The molecule has 0 radical (unpaired) electrons. The van der Waals surface area contributed by atoms with Gasteiger partial charge < -0.3 is 9.47 Å². The molecule has 0 amide bonds. The summed E-state index contributed by atoms with van der Waals surface area (Å²) in [6.07, 6.45) is 0. The van der Waals surface area contributed by atoms with Crippen molar-refractivity contribution in [2.24, 2.45) is 0 Å². The van der Waals surface area contributed by atoms with Crippen LogP contribution in [0.25, 0.3) is 5.57 Å². The molecule has 0 aromatic heterocycles. The van der Waals surface area contributed by atoms with Crippen LogP contribution >= 0.6 is 35.3 Å². The minimum Gasteiger partial charge on any atom is -0.457 e. The lowest BCUT2D eigenvalue weighted by Gasteiger charge is -2.18. The van der Waals surface area contributed by atoms with E-state index in [1.165, 1.54) is 15.4 Å². The number of thioether (sulfide) groups is 3. The van der Waals surface area contributed by atoms with Crippen molar-refractivity contribution in [3.8, 4) is 11.5 Å². The first-order valence-corrected chi connectivity index (χ1v) is 10.4. The Morgan fingerprint density at radius 2 is 1.57 bits per heavy atom. The van der Waals surface area contributed by atoms with E-state index in [9.17, 15) is 0 Å². The van der Waals surface area contributed by atoms with Gasteiger partial charge in [0.25, 0.3) is 0 Å². The molecule has 120 valence electrons. The average Bonchev–Trinajstić information content (AvgIpc) is 2.62. The van der Waals surface area contributed by atoms with Gasteiger partial charge in [0, 0.05) is 27.1 Å². The van der Waals surface area contributed by atoms with Crippen LogP contribution in [0, 0.1) is 0 Å². The van der Waals surface area contributed by atoms with Gasteiger partial charge in [0.1, 0.15) is 11.5 Å². The lowest BCUT2D eigenvalue weighted by molar-refractivity contribution is 0.239. The number of ether oxygens (including phenoxy) is 2. The van der Waals surface area contributed by atoms with E-state index in [-0.39, 0.29) is 0 Å². The highest BCUT2D eigenvalue weighted by Gasteiger charge is 2.14. The molecule has 2 aromatic rings. The van der Waals surface area contributed by atoms with E-state index in [1.807, 2.05) is 77.8 Å². The molecule has 0 bridgehead atoms. The van der Waals surface area contributed by atoms with Crippen LogP contribution in [0.15, 0.2) is 58.8 Å². The fraction of sp³-hybridized carbons (Fsp3) is 0.222. The van der Waals surface area contributed by atoms with Crippen molar-refractivity contribution >= 4 is 40.9 Å². The largest absolute Gasteiger partial charge is 0.457 e. The van der Waals surface area contributed by atoms with Crippen molar-refractivity contribution in [1.82, 2.24) is 0 Å². The Kier molecular flexibility index (Phi) is 6.39. The molecule has 2 nitrogen and oxygen atoms in total. The Hall–Kier alpha value is -1.01. The summed E-state index contributed by atoms with van der Waals surface area (Å²) >= 11 is 5.78. The molecule has 0 N–H and O–H groups in total. The van der Waals surface area contributed by atoms with E-state index >= 15 is 0 Å². The van der Waals surface area contributed by atoms with Crippen LogP contribution in [0.4, 0.5) is 0 Å². The van der Waals surface area contributed by atoms with Gasteiger partial charge >= 0.3 is 0 Å². The molecule has 0 spiro atoms. The van der Waals surface area contributed by atoms with Gasteiger partial charge in [-0.1, -0.05) is 30.3 Å². The van der Waals surface area contributed by atoms with E-state index in [0.29, 0.717) is 6.61 Å². The Labute approximate surface area is 150 Å². The molecule has 0 unspecified atom stereocenters. The van der Waals surface area contributed by atoms with E-state index in [2.05, 4.69) is 12.1 Å². The van der Waals surface area contributed by atoms with E-state index in [1.54, 1.807) is 7.11 Å². The zero-order valence-corrected chi connectivity index (χ0v) is 15.3. The summed E-state index contributed by atoms with van der Waals surface area (Å²) in [4.78, 5) is 0. The standard InChI is InChI=1S/C18H18O2S3/c1-19-11-17(18-22-12-21-13-23-18)14-7-9-16(10-8-14)20-15-5-3-2-4-6-15/h2-10H,11-13H2,1H3. The van der Waals surface area contributed by atoms with Crippen molar-refractivity contribution in [3.63, 3.8) is 0 Å². The normalized spacial score (nSPS) is 14.6. The summed E-state index contributed by atoms with van der Waals surface area (Å²) in [5, 5.41) is 2.23. The maximum absolute atomic E-state index is 5.86. The third-order valence-electron chi connectivity index (χ3n) is 3.26. The lowest BCUT2D eigenvalue weighted by Crippen LogP contribution is -1.99. The number of benzene rings is 2. The van der Waals surface area contributed by atoms with Crippen molar-refractivity contribution in [2.45, 2.75) is 0 Å². The Bertz CT molecular complexity index is 646. The topological polar surface area (TPSA) is 18.5 Å². The molecule has 0 atom stereocenters. The molecule has 5 heteroatoms. The lowest BCUT2D eigenvalue weighted by atomic mass is 10.1. The molecule has 1 saturated heterocycles. The fourth-order valence-corrected chi connectivity index (χ4v) is 6.50. The number of para-hydroxylation sites is 1. The first kappa shape index (κ1) is 16.8. The van der Waals surface area contributed by atoms with Crippen LogP contribution in [0.2, 0.25) is 0 Å². The number of hydrogen-bond donors (Lipinski definition) is 0. The summed E-state index contributed by atoms with van der Waals surface area (Å²) < 4.78 is 12.6. The molecule has 1 aliphatic heterocycles. The van der Waals surface area contributed by atoms with Gasteiger partial charge in [0.15, 0.2) is 0 Å². The molecule has 3 rings (SSSR count). The van der Waals surface area contributed by atoms with Crippen molar-refractivity contribution in [1.29, 1.82) is 0 Å². The van der Waals surface area contributed by atoms with Gasteiger partial charge in [-0.25, -0.2) is 0 Å². The zero-order valence-electron chi connectivity index (χ0n) is 12.9. The van der Waals surface area contributed by atoms with Crippen LogP contribution in [0.1, 0.15) is 5.56 Å². The summed E-state index contributed by atoms with van der Waals surface area (Å²) in [6, 6.07) is 18.1. The second kappa shape index (κ2) is 8.73. The Morgan fingerprint density at radius 1 is 0.913 bits per heavy atom. The van der Waals surface area contributed by atoms with Crippen LogP contribution < -0.4 is 4.74 Å². The maximum Gasteiger partial charge on any atom is 0.127 e. The van der Waals surface area contributed by atoms with Gasteiger partial charge in [-0.15, -0.1) is 35.3 Å². The maximum atomic E-state index is 5.86. The fourth-order valence-electron chi connectivity index (χ4n) is 2.19. The van der Waals surface area contributed by atoms with E-state index < -0.39 is 0 Å². The van der Waals surface area contributed by atoms with Crippen molar-refractivity contribution < 1.29 is 9.47 Å². The first-order chi connectivity index (χ1) is 11.4. The molecular weight excluding hydrogens is 344 g/mol. The van der Waals surface area contributed by atoms with Crippen LogP contribution in [-0.4, -0.2) is 23.9 Å². The highest BCUT2D eigenvalue weighted by Crippen LogP contribution is 2.44. The smallest absolute Gasteiger partial charge is 0.127 e. The minimum atomic E-state index is 0.638. The molecule has 1 fully saturated rings. The summed E-state index contributed by atoms with van der Waals surface area (Å²) in [5.41, 5.74) is 2.48. The molecule has 1 heterocycles. The molecule has 1 aliphatic rings. The third kappa shape index (κ3) is 4.73. The van der Waals surface area contributed by atoms with Crippen LogP contribution in [0.5, 0.6) is 11.5 Å². The van der Waals surface area contributed by atoms with Gasteiger partial charge in [-0.05, 0) is 29.8 Å². The molecule has 0 saturated carbocycles. The number of methoxy groups -OCH3 is 1. The summed E-state index contributed by atoms with van der Waals surface area (Å²) in [7, 11) is 1.75. The van der Waals surface area contributed by atoms with Crippen LogP contribution in [-0.2, 0) is 4.74 Å². The molecule has 2 aromatic carbocycles. The Morgan fingerprint density at radius 3 is 2.22 bits per heavy atom. The third-order valence-corrected chi connectivity index (χ3v) is 7.26. The van der Waals surface area contributed by atoms with Gasteiger partial charge in [0.05, 0.1) is 6.61 Å². The zero-order chi connectivity index (χ0) is 15.9. The van der Waals surface area contributed by atoms with Crippen LogP contribution in [0.3, 0.4) is 0 Å². The first-order valence-electron chi connectivity index (χ1n) is 7.25. The average molecular weight is 363 g/mol. The number of hydrogen-bond acceptors (Lipinski definition) is 5. The molecule has 0 aliphatic carbocycles. The minimum absolute atomic E-state index is 0.638. The SMILES string of the molecule is COCC(=C1SCSCS1)c1ccc(Oc2ccccc2)cc1. The van der Waals surface area contributed by atoms with Gasteiger partial charge in [-0.3, -0.25) is 0 Å². The van der Waals surface area contributed by atoms with Crippen molar-refractivity contribution in [3.05, 3.63) is 64.4 Å². The molecule has 23 heavy (non-hydrogen) atoms. The van der Waals surface area contributed by atoms with Gasteiger partial charge in [0.2, 0.25) is 0 Å². The highest BCUT2D eigenvalue weighted by molar-refractivity contribution is 8.36. The molecular formula is C18H18O2S3. The summed E-state index contributed by atoms with van der Waals surface area (Å²) in [5.74, 6) is 1.70. The quantitative estimate of drug-likeness (QED) is 0.655. The second-order valence-electron chi connectivity index (χ2n) is 4.87. The van der Waals surface area contributed by atoms with E-state index in [0.717, 1.165) is 21.7 Å². The Balaban J connectivity index is 1.79. The predicted octanol–water partition coefficient (Wildman–Crippen LogP) is 5.92. The van der Waals surface area contributed by atoms with Crippen molar-refractivity contribution in [2.75, 3.05) is 23.9 Å². The van der Waals surface area contributed by atoms with E-state index in [4.69, 9.17) is 9.47 Å². The summed E-state index contributed by atoms with van der Waals surface area (Å²) in [6.45, 7) is 0.638. The number of rotatable bonds is 5. The second-order valence-corrected chi connectivity index (χ2v) is 8.81. The monoisotopic (exact) mass is 362 g/mol. The highest BCUT2D eigenvalue weighted by atomic mass is 32.3. The van der Waals surface area contributed by atoms with Gasteiger partial charge in [-0.2, -0.15) is 0 Å².